The van der Waals surface area contributed by atoms with Crippen molar-refractivity contribution in [3.8, 4) is 22.6 Å². The van der Waals surface area contributed by atoms with Crippen LogP contribution in [-0.2, 0) is 6.54 Å². The maximum atomic E-state index is 12.4. The largest absolute Gasteiger partial charge is 0.573 e. The van der Waals surface area contributed by atoms with E-state index in [0.717, 1.165) is 5.56 Å². The highest BCUT2D eigenvalue weighted by molar-refractivity contribution is 5.85. The van der Waals surface area contributed by atoms with Gasteiger partial charge in [-0.1, -0.05) is 6.07 Å². The number of alkyl halides is 3. The van der Waals surface area contributed by atoms with Crippen molar-refractivity contribution in [2.24, 2.45) is 5.73 Å². The van der Waals surface area contributed by atoms with Gasteiger partial charge in [0, 0.05) is 18.3 Å². The number of nitrogens with two attached hydrogens (primary N) is 1. The number of halogens is 4. The predicted molar refractivity (Wildman–Crippen MR) is 81.8 cm³/mol. The molecule has 9 heteroatoms. The normalized spacial score (nSPS) is 11.0. The molecular formula is C14H17ClF3N3O2. The zero-order valence-corrected chi connectivity index (χ0v) is 13.2. The molecule has 0 atom stereocenters. The Balaban J connectivity index is 0.00000264. The highest BCUT2D eigenvalue weighted by Gasteiger charge is 2.32. The van der Waals surface area contributed by atoms with E-state index in [0.29, 0.717) is 18.7 Å². The lowest BCUT2D eigenvalue weighted by molar-refractivity contribution is -0.275. The Hall–Kier alpha value is -1.93. The summed E-state index contributed by atoms with van der Waals surface area (Å²) in [5.41, 5.74) is 6.89. The van der Waals surface area contributed by atoms with Gasteiger partial charge in [-0.15, -0.1) is 25.6 Å². The minimum absolute atomic E-state index is 0. The lowest BCUT2D eigenvalue weighted by Gasteiger charge is -2.14. The Labute approximate surface area is 137 Å². The average Bonchev–Trinajstić information content (AvgIpc) is 2.88. The maximum Gasteiger partial charge on any atom is 0.573 e. The van der Waals surface area contributed by atoms with Crippen LogP contribution in [0.2, 0.25) is 0 Å². The third-order valence-electron chi connectivity index (χ3n) is 2.79. The Morgan fingerprint density at radius 3 is 2.57 bits per heavy atom. The third-order valence-corrected chi connectivity index (χ3v) is 2.79. The summed E-state index contributed by atoms with van der Waals surface area (Å²) in [6.07, 6.45) is -1.38. The molecule has 23 heavy (non-hydrogen) atoms. The Morgan fingerprint density at radius 1 is 1.22 bits per heavy atom. The molecular weight excluding hydrogens is 335 g/mol. The summed E-state index contributed by atoms with van der Waals surface area (Å²) in [6.45, 7) is 2.92. The first-order chi connectivity index (χ1) is 10.4. The second kappa shape index (κ2) is 8.07. The van der Waals surface area contributed by atoms with Crippen molar-refractivity contribution < 1.29 is 22.6 Å². The summed E-state index contributed by atoms with van der Waals surface area (Å²) >= 11 is 0. The van der Waals surface area contributed by atoms with Crippen molar-refractivity contribution in [3.63, 3.8) is 0 Å². The molecule has 1 heterocycles. The quantitative estimate of drug-likeness (QED) is 0.868. The third kappa shape index (κ3) is 5.33. The van der Waals surface area contributed by atoms with Gasteiger partial charge in [0.15, 0.2) is 11.5 Å². The molecule has 0 spiro atoms. The molecule has 2 rings (SSSR count). The molecule has 0 saturated heterocycles. The van der Waals surface area contributed by atoms with E-state index < -0.39 is 6.36 Å². The predicted octanol–water partition coefficient (Wildman–Crippen LogP) is 3.23. The second-order valence-electron chi connectivity index (χ2n) is 4.42. The van der Waals surface area contributed by atoms with Crippen molar-refractivity contribution in [1.29, 1.82) is 0 Å². The summed E-state index contributed by atoms with van der Waals surface area (Å²) in [5.74, 6) is -0.337. The zero-order chi connectivity index (χ0) is 16.2. The number of nitrogens with zero attached hydrogens (tertiary/aromatic N) is 2. The number of benzene rings is 1. The van der Waals surface area contributed by atoms with Gasteiger partial charge >= 0.3 is 6.36 Å². The summed E-state index contributed by atoms with van der Waals surface area (Å²) in [5, 5.41) is 4.12. The zero-order valence-electron chi connectivity index (χ0n) is 12.3. The van der Waals surface area contributed by atoms with Gasteiger partial charge in [-0.2, -0.15) is 5.10 Å². The van der Waals surface area contributed by atoms with Gasteiger partial charge < -0.3 is 15.2 Å². The first-order valence-electron chi connectivity index (χ1n) is 6.68. The van der Waals surface area contributed by atoms with Crippen LogP contribution in [0.25, 0.3) is 11.1 Å². The fourth-order valence-electron chi connectivity index (χ4n) is 1.93. The smallest absolute Gasteiger partial charge is 0.490 e. The number of ether oxygens (including phenoxy) is 2. The molecule has 0 aliphatic heterocycles. The molecule has 1 aromatic carbocycles. The van der Waals surface area contributed by atoms with Crippen LogP contribution < -0.4 is 15.2 Å². The highest BCUT2D eigenvalue weighted by atomic mass is 35.5. The SMILES string of the molecule is CCOc1cc(-c2cnn(CCN)c2)ccc1OC(F)(F)F.Cl. The molecule has 2 aromatic rings. The number of aromatic nitrogens is 2. The molecule has 2 N–H and O–H groups in total. The van der Waals surface area contributed by atoms with E-state index in [1.165, 1.54) is 18.2 Å². The van der Waals surface area contributed by atoms with E-state index in [9.17, 15) is 13.2 Å². The van der Waals surface area contributed by atoms with Crippen LogP contribution in [0.3, 0.4) is 0 Å². The van der Waals surface area contributed by atoms with Crippen molar-refractivity contribution >= 4 is 12.4 Å². The molecule has 0 aliphatic rings. The minimum Gasteiger partial charge on any atom is -0.490 e. The number of hydrogen-bond donors (Lipinski definition) is 1. The van der Waals surface area contributed by atoms with Crippen molar-refractivity contribution in [1.82, 2.24) is 9.78 Å². The molecule has 0 saturated carbocycles. The van der Waals surface area contributed by atoms with Crippen molar-refractivity contribution in [2.45, 2.75) is 19.8 Å². The average molecular weight is 352 g/mol. The number of rotatable bonds is 6. The van der Waals surface area contributed by atoms with Crippen LogP contribution in [0.4, 0.5) is 13.2 Å². The lowest BCUT2D eigenvalue weighted by atomic mass is 10.1. The Kier molecular flexibility index (Phi) is 6.71. The Bertz CT molecular complexity index is 632. The minimum atomic E-state index is -4.76. The molecule has 0 radical (unpaired) electrons. The van der Waals surface area contributed by atoms with Crippen LogP contribution in [0.15, 0.2) is 30.6 Å². The van der Waals surface area contributed by atoms with Gasteiger partial charge in [0.1, 0.15) is 0 Å². The molecule has 0 amide bonds. The van der Waals surface area contributed by atoms with Crippen LogP contribution >= 0.6 is 12.4 Å². The van der Waals surface area contributed by atoms with E-state index >= 15 is 0 Å². The summed E-state index contributed by atoms with van der Waals surface area (Å²) < 4.78 is 48.0. The molecule has 5 nitrogen and oxygen atoms in total. The Morgan fingerprint density at radius 2 is 1.96 bits per heavy atom. The van der Waals surface area contributed by atoms with Crippen molar-refractivity contribution in [2.75, 3.05) is 13.2 Å². The van der Waals surface area contributed by atoms with Crippen LogP contribution in [0.1, 0.15) is 6.92 Å². The molecule has 0 bridgehead atoms. The maximum absolute atomic E-state index is 12.4. The molecule has 0 unspecified atom stereocenters. The van der Waals surface area contributed by atoms with E-state index in [1.54, 1.807) is 24.0 Å². The molecule has 128 valence electrons. The van der Waals surface area contributed by atoms with E-state index in [2.05, 4.69) is 9.84 Å². The first kappa shape index (κ1) is 19.1. The van der Waals surface area contributed by atoms with Gasteiger partial charge in [-0.25, -0.2) is 0 Å². The van der Waals surface area contributed by atoms with Gasteiger partial charge in [-0.05, 0) is 24.6 Å². The molecule has 1 aromatic heterocycles. The fraction of sp³-hybridized carbons (Fsp3) is 0.357. The van der Waals surface area contributed by atoms with Gasteiger partial charge in [0.25, 0.3) is 0 Å². The molecule has 0 aliphatic carbocycles. The summed E-state index contributed by atoms with van der Waals surface area (Å²) in [4.78, 5) is 0. The fourth-order valence-corrected chi connectivity index (χ4v) is 1.93. The van der Waals surface area contributed by atoms with Crippen LogP contribution in [0, 0.1) is 0 Å². The molecule has 0 fully saturated rings. The standard InChI is InChI=1S/C14H16F3N3O2.ClH/c1-2-21-13-7-10(3-4-12(13)22-14(15,16)17)11-8-19-20(9-11)6-5-18;/h3-4,7-9H,2,5-6,18H2,1H3;1H. The highest BCUT2D eigenvalue weighted by Crippen LogP contribution is 2.35. The summed E-state index contributed by atoms with van der Waals surface area (Å²) in [6, 6.07) is 4.25. The van der Waals surface area contributed by atoms with Gasteiger partial charge in [0.05, 0.1) is 19.3 Å². The van der Waals surface area contributed by atoms with Crippen LogP contribution in [-0.4, -0.2) is 29.3 Å². The van der Waals surface area contributed by atoms with E-state index in [4.69, 9.17) is 10.5 Å². The first-order valence-corrected chi connectivity index (χ1v) is 6.68. The van der Waals surface area contributed by atoms with Crippen molar-refractivity contribution in [3.05, 3.63) is 30.6 Å². The summed E-state index contributed by atoms with van der Waals surface area (Å²) in [7, 11) is 0. The van der Waals surface area contributed by atoms with Crippen LogP contribution in [0.5, 0.6) is 11.5 Å². The van der Waals surface area contributed by atoms with Gasteiger partial charge in [0.2, 0.25) is 0 Å². The van der Waals surface area contributed by atoms with E-state index in [-0.39, 0.29) is 30.5 Å². The second-order valence-corrected chi connectivity index (χ2v) is 4.42. The topological polar surface area (TPSA) is 62.3 Å². The monoisotopic (exact) mass is 351 g/mol. The number of hydrogen-bond acceptors (Lipinski definition) is 4. The van der Waals surface area contributed by atoms with E-state index in [1.807, 2.05) is 0 Å². The van der Waals surface area contributed by atoms with Gasteiger partial charge in [-0.3, -0.25) is 4.68 Å². The lowest BCUT2D eigenvalue weighted by Crippen LogP contribution is -2.17.